The van der Waals surface area contributed by atoms with Crippen molar-refractivity contribution in [3.63, 3.8) is 0 Å². The maximum Gasteiger partial charge on any atom is 0.238 e. The first-order valence-corrected chi connectivity index (χ1v) is 9.83. The van der Waals surface area contributed by atoms with Crippen molar-refractivity contribution in [2.45, 2.75) is 18.8 Å². The number of rotatable bonds is 5. The summed E-state index contributed by atoms with van der Waals surface area (Å²) in [5.74, 6) is 1.60. The van der Waals surface area contributed by atoms with E-state index >= 15 is 0 Å². The molecule has 1 N–H and O–H groups in total. The van der Waals surface area contributed by atoms with E-state index in [0.717, 1.165) is 47.9 Å². The third-order valence-corrected chi connectivity index (χ3v) is 5.39. The van der Waals surface area contributed by atoms with Crippen molar-refractivity contribution in [2.75, 3.05) is 42.9 Å². The molecule has 26 heavy (non-hydrogen) atoms. The summed E-state index contributed by atoms with van der Waals surface area (Å²) in [5, 5.41) is 11.7. The molecule has 0 unspecified atom stereocenters. The van der Waals surface area contributed by atoms with Crippen LogP contribution < -0.4 is 10.2 Å². The Morgan fingerprint density at radius 3 is 2.38 bits per heavy atom. The van der Waals surface area contributed by atoms with E-state index in [1.165, 1.54) is 12.8 Å². The van der Waals surface area contributed by atoms with Crippen LogP contribution in [0.5, 0.6) is 0 Å². The third kappa shape index (κ3) is 4.40. The van der Waals surface area contributed by atoms with E-state index in [9.17, 15) is 4.79 Å². The predicted octanol–water partition coefficient (Wildman–Crippen LogP) is 2.88. The maximum absolute atomic E-state index is 12.2. The number of anilines is 2. The minimum atomic E-state index is 0.0225. The monoisotopic (exact) mass is 415 g/mol. The van der Waals surface area contributed by atoms with Crippen LogP contribution in [0.15, 0.2) is 40.9 Å². The highest BCUT2D eigenvalue weighted by molar-refractivity contribution is 9.10. The van der Waals surface area contributed by atoms with Gasteiger partial charge in [0.1, 0.15) is 0 Å². The van der Waals surface area contributed by atoms with Crippen molar-refractivity contribution < 1.29 is 4.79 Å². The van der Waals surface area contributed by atoms with E-state index in [0.29, 0.717) is 12.5 Å². The van der Waals surface area contributed by atoms with E-state index in [1.807, 2.05) is 24.3 Å². The summed E-state index contributed by atoms with van der Waals surface area (Å²) < 4.78 is 1.000. The van der Waals surface area contributed by atoms with Gasteiger partial charge in [-0.25, -0.2) is 0 Å². The molecule has 1 amide bonds. The van der Waals surface area contributed by atoms with E-state index < -0.39 is 0 Å². The zero-order valence-corrected chi connectivity index (χ0v) is 16.2. The molecule has 7 heteroatoms. The number of hydrogen-bond acceptors (Lipinski definition) is 5. The number of halogens is 1. The highest BCUT2D eigenvalue weighted by atomic mass is 79.9. The second kappa shape index (κ2) is 7.72. The molecule has 2 fully saturated rings. The van der Waals surface area contributed by atoms with Gasteiger partial charge < -0.3 is 10.2 Å². The number of hydrogen-bond donors (Lipinski definition) is 1. The molecule has 1 saturated heterocycles. The zero-order valence-electron chi connectivity index (χ0n) is 14.6. The van der Waals surface area contributed by atoms with Crippen LogP contribution in [0.25, 0.3) is 0 Å². The summed E-state index contributed by atoms with van der Waals surface area (Å²) in [7, 11) is 0. The molecular formula is C19H22BrN5O. The number of piperazine rings is 1. The molecule has 2 heterocycles. The fourth-order valence-electron chi connectivity index (χ4n) is 3.17. The SMILES string of the molecule is O=C(CN1CCN(c2ccc(C3CC3)nn2)CC1)Nc1ccc(Br)cc1. The van der Waals surface area contributed by atoms with E-state index in [4.69, 9.17) is 0 Å². The lowest BCUT2D eigenvalue weighted by atomic mass is 10.2. The standard InChI is InChI=1S/C19H22BrN5O/c20-15-3-5-16(6-4-15)21-19(26)13-24-9-11-25(12-10-24)18-8-7-17(22-23-18)14-1-2-14/h3-8,14H,1-2,9-13H2,(H,21,26). The van der Waals surface area contributed by atoms with Gasteiger partial charge in [0.25, 0.3) is 0 Å². The summed E-state index contributed by atoms with van der Waals surface area (Å²) >= 11 is 3.39. The molecule has 136 valence electrons. The Morgan fingerprint density at radius 1 is 1.04 bits per heavy atom. The topological polar surface area (TPSA) is 61.4 Å². The number of benzene rings is 1. The van der Waals surface area contributed by atoms with Crippen molar-refractivity contribution in [3.8, 4) is 0 Å². The summed E-state index contributed by atoms with van der Waals surface area (Å²) in [6.07, 6.45) is 2.49. The first-order valence-electron chi connectivity index (χ1n) is 9.04. The van der Waals surface area contributed by atoms with Crippen molar-refractivity contribution in [2.24, 2.45) is 0 Å². The fourth-order valence-corrected chi connectivity index (χ4v) is 3.44. The van der Waals surface area contributed by atoms with Crippen LogP contribution in [0.2, 0.25) is 0 Å². The van der Waals surface area contributed by atoms with Crippen LogP contribution in [-0.4, -0.2) is 53.7 Å². The Hall–Kier alpha value is -1.99. The summed E-state index contributed by atoms with van der Waals surface area (Å²) in [4.78, 5) is 16.6. The van der Waals surface area contributed by atoms with Crippen LogP contribution in [0.1, 0.15) is 24.5 Å². The molecule has 6 nitrogen and oxygen atoms in total. The number of amides is 1. The maximum atomic E-state index is 12.2. The minimum absolute atomic E-state index is 0.0225. The Kier molecular flexibility index (Phi) is 5.17. The van der Waals surface area contributed by atoms with Crippen LogP contribution >= 0.6 is 15.9 Å². The summed E-state index contributed by atoms with van der Waals surface area (Å²) in [6, 6.07) is 11.8. The van der Waals surface area contributed by atoms with Crippen molar-refractivity contribution in [1.82, 2.24) is 15.1 Å². The van der Waals surface area contributed by atoms with E-state index in [2.05, 4.69) is 53.4 Å². The molecular weight excluding hydrogens is 394 g/mol. The Bertz CT molecular complexity index is 753. The smallest absolute Gasteiger partial charge is 0.238 e. The van der Waals surface area contributed by atoms with Gasteiger partial charge in [0, 0.05) is 42.3 Å². The summed E-state index contributed by atoms with van der Waals surface area (Å²) in [5.41, 5.74) is 1.94. The Morgan fingerprint density at radius 2 is 1.77 bits per heavy atom. The third-order valence-electron chi connectivity index (χ3n) is 4.86. The predicted molar refractivity (Wildman–Crippen MR) is 105 cm³/mol. The molecule has 0 bridgehead atoms. The number of carbonyl (C=O) groups excluding carboxylic acids is 1. The highest BCUT2D eigenvalue weighted by Crippen LogP contribution is 2.38. The molecule has 1 aliphatic carbocycles. The van der Waals surface area contributed by atoms with Gasteiger partial charge in [-0.3, -0.25) is 9.69 Å². The summed E-state index contributed by atoms with van der Waals surface area (Å²) in [6.45, 7) is 3.84. The molecule has 1 saturated carbocycles. The Labute approximate surface area is 161 Å². The molecule has 2 aromatic rings. The van der Waals surface area contributed by atoms with Crippen LogP contribution in [0.3, 0.4) is 0 Å². The lowest BCUT2D eigenvalue weighted by Crippen LogP contribution is -2.49. The second-order valence-electron chi connectivity index (χ2n) is 6.91. The largest absolute Gasteiger partial charge is 0.353 e. The minimum Gasteiger partial charge on any atom is -0.353 e. The number of aromatic nitrogens is 2. The van der Waals surface area contributed by atoms with Gasteiger partial charge in [-0.05, 0) is 49.2 Å². The van der Waals surface area contributed by atoms with Gasteiger partial charge in [0.2, 0.25) is 5.91 Å². The van der Waals surface area contributed by atoms with Crippen LogP contribution in [0, 0.1) is 0 Å². The first kappa shape index (κ1) is 17.4. The molecule has 2 aliphatic rings. The molecule has 1 aliphatic heterocycles. The molecule has 1 aromatic carbocycles. The van der Waals surface area contributed by atoms with Crippen LogP contribution in [0.4, 0.5) is 11.5 Å². The quantitative estimate of drug-likeness (QED) is 0.813. The highest BCUT2D eigenvalue weighted by Gasteiger charge is 2.26. The van der Waals surface area contributed by atoms with Gasteiger partial charge in [0.05, 0.1) is 12.2 Å². The van der Waals surface area contributed by atoms with Gasteiger partial charge in [0.15, 0.2) is 5.82 Å². The lowest BCUT2D eigenvalue weighted by Gasteiger charge is -2.34. The van der Waals surface area contributed by atoms with Crippen molar-refractivity contribution in [3.05, 3.63) is 46.6 Å². The zero-order chi connectivity index (χ0) is 17.9. The van der Waals surface area contributed by atoms with Crippen molar-refractivity contribution >= 4 is 33.3 Å². The molecule has 0 atom stereocenters. The average molecular weight is 416 g/mol. The lowest BCUT2D eigenvalue weighted by molar-refractivity contribution is -0.117. The molecule has 1 aromatic heterocycles. The van der Waals surface area contributed by atoms with E-state index in [1.54, 1.807) is 0 Å². The number of nitrogens with one attached hydrogen (secondary N) is 1. The Balaban J connectivity index is 1.25. The molecule has 4 rings (SSSR count). The number of carbonyl (C=O) groups is 1. The van der Waals surface area contributed by atoms with E-state index in [-0.39, 0.29) is 5.91 Å². The van der Waals surface area contributed by atoms with Gasteiger partial charge in [-0.1, -0.05) is 15.9 Å². The van der Waals surface area contributed by atoms with Crippen LogP contribution in [-0.2, 0) is 4.79 Å². The van der Waals surface area contributed by atoms with Gasteiger partial charge >= 0.3 is 0 Å². The second-order valence-corrected chi connectivity index (χ2v) is 7.82. The van der Waals surface area contributed by atoms with Crippen molar-refractivity contribution in [1.29, 1.82) is 0 Å². The molecule has 0 radical (unpaired) electrons. The van der Waals surface area contributed by atoms with Gasteiger partial charge in [-0.2, -0.15) is 5.10 Å². The first-order chi connectivity index (χ1) is 12.7. The fraction of sp³-hybridized carbons (Fsp3) is 0.421. The molecule has 0 spiro atoms. The normalized spacial score (nSPS) is 18.0. The number of nitrogens with zero attached hydrogens (tertiary/aromatic N) is 4. The average Bonchev–Trinajstić information content (AvgIpc) is 3.50. The van der Waals surface area contributed by atoms with Gasteiger partial charge in [-0.15, -0.1) is 5.10 Å².